The van der Waals surface area contributed by atoms with Gasteiger partial charge in [0.2, 0.25) is 0 Å². The van der Waals surface area contributed by atoms with E-state index in [-0.39, 0.29) is 5.02 Å². The van der Waals surface area contributed by atoms with E-state index in [0.29, 0.717) is 6.07 Å². The van der Waals surface area contributed by atoms with Crippen molar-refractivity contribution in [3.63, 3.8) is 0 Å². The number of hydrazone groups is 1. The molecule has 134 valence electrons. The van der Waals surface area contributed by atoms with E-state index in [1.807, 2.05) is 0 Å². The molecule has 2 aromatic rings. The van der Waals surface area contributed by atoms with Crippen molar-refractivity contribution >= 4 is 17.9 Å². The van der Waals surface area contributed by atoms with Crippen LogP contribution in [0.5, 0.6) is 0 Å². The lowest BCUT2D eigenvalue weighted by Crippen LogP contribution is -2.40. The highest BCUT2D eigenvalue weighted by atomic mass is 35.5. The summed E-state index contributed by atoms with van der Waals surface area (Å²) in [5.41, 5.74) is -1.06. The maximum absolute atomic E-state index is 15.0. The molecule has 5 nitrogen and oxygen atoms in total. The third-order valence-corrected chi connectivity index (χ3v) is 3.68. The van der Waals surface area contributed by atoms with Crippen molar-refractivity contribution in [2.45, 2.75) is 11.8 Å². The molecule has 0 radical (unpaired) electrons. The summed E-state index contributed by atoms with van der Waals surface area (Å²) in [6.45, 7) is -0.555. The molecule has 0 aliphatic heterocycles. The van der Waals surface area contributed by atoms with Crippen molar-refractivity contribution < 1.29 is 17.6 Å². The number of halogens is 5. The first-order valence-electron chi connectivity index (χ1n) is 6.95. The standard InChI is InChI=1S/C15H14ClF4N5/c16-9-1-4-14(23-6-9)15(19,20)12(7-25(22)8-24-21)11-3-2-10(17)5-13(11)18/h1-6,8,12H,7,21-22H2/b24-8-. The SMILES string of the molecule is N/N=C\N(N)CC(c1ccc(F)cc1F)C(F)(F)c1ccc(Cl)cn1. The monoisotopic (exact) mass is 375 g/mol. The van der Waals surface area contributed by atoms with Gasteiger partial charge < -0.3 is 5.84 Å². The van der Waals surface area contributed by atoms with Crippen LogP contribution in [0, 0.1) is 11.6 Å². The highest BCUT2D eigenvalue weighted by Gasteiger charge is 2.45. The molecule has 4 N–H and O–H groups in total. The van der Waals surface area contributed by atoms with Gasteiger partial charge in [-0.3, -0.25) is 9.99 Å². The summed E-state index contributed by atoms with van der Waals surface area (Å²) >= 11 is 5.66. The van der Waals surface area contributed by atoms with E-state index in [1.54, 1.807) is 0 Å². The highest BCUT2D eigenvalue weighted by Crippen LogP contribution is 2.42. The van der Waals surface area contributed by atoms with Crippen LogP contribution in [0.1, 0.15) is 17.2 Å². The first-order chi connectivity index (χ1) is 11.8. The molecule has 0 saturated heterocycles. The Morgan fingerprint density at radius 3 is 2.56 bits per heavy atom. The van der Waals surface area contributed by atoms with E-state index >= 15 is 0 Å². The van der Waals surface area contributed by atoms with Gasteiger partial charge in [-0.1, -0.05) is 17.7 Å². The molecular formula is C15H14ClF4N5. The van der Waals surface area contributed by atoms with E-state index in [1.165, 1.54) is 6.07 Å². The van der Waals surface area contributed by atoms with Gasteiger partial charge in [0.1, 0.15) is 23.7 Å². The van der Waals surface area contributed by atoms with E-state index in [2.05, 4.69) is 10.1 Å². The van der Waals surface area contributed by atoms with Crippen molar-refractivity contribution in [3.05, 3.63) is 64.4 Å². The molecule has 0 amide bonds. The smallest absolute Gasteiger partial charge is 0.298 e. The summed E-state index contributed by atoms with van der Waals surface area (Å²) in [5, 5.41) is 4.07. The Hall–Kier alpha value is -2.39. The Morgan fingerprint density at radius 2 is 2.00 bits per heavy atom. The maximum atomic E-state index is 15.0. The average molecular weight is 376 g/mol. The predicted octanol–water partition coefficient (Wildman–Crippen LogP) is 2.97. The lowest BCUT2D eigenvalue weighted by molar-refractivity contribution is -0.0443. The molecule has 2 rings (SSSR count). The molecule has 1 heterocycles. The van der Waals surface area contributed by atoms with Crippen molar-refractivity contribution in [1.82, 2.24) is 9.99 Å². The van der Waals surface area contributed by atoms with Gasteiger partial charge >= 0.3 is 0 Å². The first kappa shape index (κ1) is 18.9. The predicted molar refractivity (Wildman–Crippen MR) is 85.8 cm³/mol. The van der Waals surface area contributed by atoms with Crippen LogP contribution in [-0.2, 0) is 5.92 Å². The number of pyridine rings is 1. The molecular weight excluding hydrogens is 362 g/mol. The lowest BCUT2D eigenvalue weighted by atomic mass is 9.89. The number of nitrogens with two attached hydrogens (primary N) is 2. The van der Waals surface area contributed by atoms with Crippen LogP contribution in [0.15, 0.2) is 41.6 Å². The summed E-state index contributed by atoms with van der Waals surface area (Å²) in [6, 6.07) is 4.60. The second kappa shape index (κ2) is 7.66. The number of hydrazine groups is 1. The number of benzene rings is 1. The molecule has 1 unspecified atom stereocenters. The van der Waals surface area contributed by atoms with Gasteiger partial charge in [0.15, 0.2) is 0 Å². The normalized spacial score (nSPS) is 13.2. The Kier molecular flexibility index (Phi) is 5.81. The minimum absolute atomic E-state index is 0.166. The van der Waals surface area contributed by atoms with Crippen LogP contribution in [0.4, 0.5) is 17.6 Å². The summed E-state index contributed by atoms with van der Waals surface area (Å²) < 4.78 is 57.2. The van der Waals surface area contributed by atoms with E-state index in [0.717, 1.165) is 35.7 Å². The largest absolute Gasteiger partial charge is 0.322 e. The van der Waals surface area contributed by atoms with Crippen molar-refractivity contribution in [2.24, 2.45) is 16.8 Å². The summed E-state index contributed by atoms with van der Waals surface area (Å²) in [4.78, 5) is 3.60. The molecule has 1 atom stereocenters. The second-order valence-electron chi connectivity index (χ2n) is 5.16. The number of hydrogen-bond donors (Lipinski definition) is 2. The minimum atomic E-state index is -3.64. The molecule has 0 aliphatic carbocycles. The fourth-order valence-electron chi connectivity index (χ4n) is 2.29. The Balaban J connectivity index is 2.50. The van der Waals surface area contributed by atoms with E-state index in [4.69, 9.17) is 23.3 Å². The quantitative estimate of drug-likeness (QED) is 0.267. The van der Waals surface area contributed by atoms with Crippen LogP contribution in [-0.4, -0.2) is 22.9 Å². The molecule has 0 saturated carbocycles. The maximum Gasteiger partial charge on any atom is 0.298 e. The number of nitrogens with zero attached hydrogens (tertiary/aromatic N) is 3. The third kappa shape index (κ3) is 4.37. The average Bonchev–Trinajstić information content (AvgIpc) is 2.54. The van der Waals surface area contributed by atoms with Crippen molar-refractivity contribution in [3.8, 4) is 0 Å². The zero-order chi connectivity index (χ0) is 18.6. The Bertz CT molecular complexity index is 754. The van der Waals surface area contributed by atoms with Crippen LogP contribution < -0.4 is 11.7 Å². The van der Waals surface area contributed by atoms with Gasteiger partial charge in [0.25, 0.3) is 5.92 Å². The summed E-state index contributed by atoms with van der Waals surface area (Å²) in [7, 11) is 0. The minimum Gasteiger partial charge on any atom is -0.322 e. The molecule has 25 heavy (non-hydrogen) atoms. The first-order valence-corrected chi connectivity index (χ1v) is 7.33. The topological polar surface area (TPSA) is 80.5 Å². The van der Waals surface area contributed by atoms with Crippen molar-refractivity contribution in [1.29, 1.82) is 0 Å². The van der Waals surface area contributed by atoms with Crippen LogP contribution in [0.3, 0.4) is 0 Å². The molecule has 1 aromatic heterocycles. The molecule has 0 fully saturated rings. The zero-order valence-corrected chi connectivity index (χ0v) is 13.5. The Morgan fingerprint density at radius 1 is 1.28 bits per heavy atom. The fraction of sp³-hybridized carbons (Fsp3) is 0.200. The lowest BCUT2D eigenvalue weighted by Gasteiger charge is -2.29. The van der Waals surface area contributed by atoms with Crippen LogP contribution in [0.2, 0.25) is 5.02 Å². The zero-order valence-electron chi connectivity index (χ0n) is 12.7. The molecule has 0 aliphatic rings. The molecule has 0 bridgehead atoms. The second-order valence-corrected chi connectivity index (χ2v) is 5.60. The van der Waals surface area contributed by atoms with Gasteiger partial charge in [-0.15, -0.1) is 0 Å². The van der Waals surface area contributed by atoms with Crippen LogP contribution in [0.25, 0.3) is 0 Å². The molecule has 1 aromatic carbocycles. The summed E-state index contributed by atoms with van der Waals surface area (Å²) in [6.07, 6.45) is 1.95. The van der Waals surface area contributed by atoms with Gasteiger partial charge in [0, 0.05) is 18.8 Å². The third-order valence-electron chi connectivity index (χ3n) is 3.45. The van der Waals surface area contributed by atoms with Crippen molar-refractivity contribution in [2.75, 3.05) is 6.54 Å². The number of alkyl halides is 2. The van der Waals surface area contributed by atoms with Gasteiger partial charge in [-0.25, -0.2) is 14.6 Å². The number of rotatable bonds is 6. The van der Waals surface area contributed by atoms with E-state index < -0.39 is 41.3 Å². The highest BCUT2D eigenvalue weighted by molar-refractivity contribution is 6.30. The van der Waals surface area contributed by atoms with Gasteiger partial charge in [-0.2, -0.15) is 13.9 Å². The fourth-order valence-corrected chi connectivity index (χ4v) is 2.40. The van der Waals surface area contributed by atoms with Crippen LogP contribution >= 0.6 is 11.6 Å². The Labute approximate surface area is 145 Å². The summed E-state index contributed by atoms with van der Waals surface area (Å²) in [5.74, 6) is 3.04. The number of hydrogen-bond acceptors (Lipinski definition) is 4. The number of aromatic nitrogens is 1. The molecule has 0 spiro atoms. The van der Waals surface area contributed by atoms with Gasteiger partial charge in [0.05, 0.1) is 10.9 Å². The molecule has 10 heteroatoms. The van der Waals surface area contributed by atoms with E-state index in [9.17, 15) is 17.6 Å². The van der Waals surface area contributed by atoms with Gasteiger partial charge in [-0.05, 0) is 23.8 Å².